The molecule has 3 rings (SSSR count). The summed E-state index contributed by atoms with van der Waals surface area (Å²) >= 11 is 0. The molecule has 0 aliphatic carbocycles. The topological polar surface area (TPSA) is 6.25 Å². The van der Waals surface area contributed by atoms with Gasteiger partial charge in [0.15, 0.2) is 23.3 Å². The molecule has 22 heavy (non-hydrogen) atoms. The Kier molecular flexibility index (Phi) is 5.09. The van der Waals surface area contributed by atoms with Gasteiger partial charge in [-0.25, -0.2) is 22.0 Å². The molecule has 1 unspecified atom stereocenters. The molecular weight excluding hydrogens is 371 g/mol. The number of piperidine rings is 1. The molecule has 2 nitrogen and oxygen atoms in total. The predicted molar refractivity (Wildman–Crippen MR) is 65.5 cm³/mol. The third-order valence-corrected chi connectivity index (χ3v) is 4.09. The van der Waals surface area contributed by atoms with Gasteiger partial charge in [-0.2, -0.15) is 0 Å². The quantitative estimate of drug-likeness (QED) is 0.296. The van der Waals surface area contributed by atoms with E-state index in [1.165, 1.54) is 0 Å². The first kappa shape index (κ1) is 17.2. The van der Waals surface area contributed by atoms with Crippen molar-refractivity contribution in [3.8, 4) is 0 Å². The van der Waals surface area contributed by atoms with Gasteiger partial charge in [-0.15, -0.1) is 0 Å². The molecular formula is C14H14BrF5N2. The van der Waals surface area contributed by atoms with Crippen molar-refractivity contribution in [2.45, 2.75) is 31.8 Å². The Morgan fingerprint density at radius 3 is 2.14 bits per heavy atom. The Balaban J connectivity index is 0.00000176. The van der Waals surface area contributed by atoms with Gasteiger partial charge in [0.05, 0.1) is 12.1 Å². The Bertz CT molecular complexity index is 591. The smallest absolute Gasteiger partial charge is 0.234 e. The predicted octanol–water partition coefficient (Wildman–Crippen LogP) is -0.205. The van der Waals surface area contributed by atoms with E-state index < -0.39 is 34.6 Å². The van der Waals surface area contributed by atoms with E-state index >= 15 is 0 Å². The SMILES string of the molecule is Fc1c(F)c(F)c(C[N+]2=CN3CCCCC3C2)c(F)c1F.[Br-]. The average Bonchev–Trinajstić information content (AvgIpc) is 2.90. The van der Waals surface area contributed by atoms with Crippen molar-refractivity contribution in [1.29, 1.82) is 0 Å². The minimum absolute atomic E-state index is 0. The number of fused-ring (bicyclic) bond motifs is 1. The van der Waals surface area contributed by atoms with Crippen molar-refractivity contribution in [1.82, 2.24) is 4.90 Å². The van der Waals surface area contributed by atoms with Crippen LogP contribution in [0.15, 0.2) is 0 Å². The van der Waals surface area contributed by atoms with Crippen LogP contribution >= 0.6 is 0 Å². The molecule has 1 fully saturated rings. The van der Waals surface area contributed by atoms with Crippen LogP contribution in [0.1, 0.15) is 24.8 Å². The van der Waals surface area contributed by atoms with E-state index in [0.717, 1.165) is 25.8 Å². The molecule has 2 aliphatic heterocycles. The summed E-state index contributed by atoms with van der Waals surface area (Å²) < 4.78 is 68.2. The molecule has 122 valence electrons. The Hall–Kier alpha value is -1.18. The standard InChI is InChI=1S/C14H14F5N2.BrH/c15-10-9(11(16)13(18)14(19)12(10)17)6-20-5-8-3-1-2-4-21(8)7-20;/h7-8H,1-6H2;1H/q+1;/p-1. The lowest BCUT2D eigenvalue weighted by molar-refractivity contribution is -0.534. The number of rotatable bonds is 2. The van der Waals surface area contributed by atoms with Crippen LogP contribution in [0.5, 0.6) is 0 Å². The van der Waals surface area contributed by atoms with Crippen molar-refractivity contribution >= 4 is 6.34 Å². The zero-order chi connectivity index (χ0) is 15.1. The molecule has 1 saturated heterocycles. The van der Waals surface area contributed by atoms with Gasteiger partial charge in [-0.3, -0.25) is 9.48 Å². The summed E-state index contributed by atoms with van der Waals surface area (Å²) in [6.07, 6.45) is 4.83. The van der Waals surface area contributed by atoms with Gasteiger partial charge in [0.25, 0.3) is 0 Å². The fourth-order valence-corrected chi connectivity index (χ4v) is 3.00. The molecule has 0 saturated carbocycles. The van der Waals surface area contributed by atoms with Crippen molar-refractivity contribution in [3.63, 3.8) is 0 Å². The Labute approximate surface area is 135 Å². The molecule has 0 radical (unpaired) electrons. The molecule has 1 atom stereocenters. The van der Waals surface area contributed by atoms with Crippen molar-refractivity contribution in [3.05, 3.63) is 34.6 Å². The summed E-state index contributed by atoms with van der Waals surface area (Å²) in [6, 6.07) is 0.264. The van der Waals surface area contributed by atoms with E-state index in [0.29, 0.717) is 6.54 Å². The first-order chi connectivity index (χ1) is 9.99. The normalized spacial score (nSPS) is 20.5. The number of benzene rings is 1. The third kappa shape index (κ3) is 2.85. The largest absolute Gasteiger partial charge is 1.00 e. The zero-order valence-electron chi connectivity index (χ0n) is 11.6. The maximum Gasteiger partial charge on any atom is 0.234 e. The maximum atomic E-state index is 13.7. The molecule has 0 aromatic heterocycles. The second-order valence-corrected chi connectivity index (χ2v) is 5.48. The van der Waals surface area contributed by atoms with E-state index in [-0.39, 0.29) is 29.6 Å². The maximum absolute atomic E-state index is 13.7. The highest BCUT2D eigenvalue weighted by Gasteiger charge is 2.35. The van der Waals surface area contributed by atoms with Crippen molar-refractivity contribution in [2.75, 3.05) is 13.1 Å². The fraction of sp³-hybridized carbons (Fsp3) is 0.500. The van der Waals surface area contributed by atoms with E-state index in [9.17, 15) is 22.0 Å². The lowest BCUT2D eigenvalue weighted by atomic mass is 10.0. The van der Waals surface area contributed by atoms with Crippen LogP contribution in [0.4, 0.5) is 22.0 Å². The summed E-state index contributed by atoms with van der Waals surface area (Å²) in [5.74, 6) is -9.38. The van der Waals surface area contributed by atoms with Gasteiger partial charge < -0.3 is 17.0 Å². The van der Waals surface area contributed by atoms with Gasteiger partial charge in [0.2, 0.25) is 12.2 Å². The van der Waals surface area contributed by atoms with Crippen LogP contribution in [-0.4, -0.2) is 34.9 Å². The second-order valence-electron chi connectivity index (χ2n) is 5.48. The Morgan fingerprint density at radius 2 is 1.55 bits per heavy atom. The third-order valence-electron chi connectivity index (χ3n) is 4.09. The molecule has 2 aliphatic rings. The molecule has 8 heteroatoms. The minimum Gasteiger partial charge on any atom is -1.00 e. The van der Waals surface area contributed by atoms with Gasteiger partial charge in [-0.1, -0.05) is 0 Å². The van der Waals surface area contributed by atoms with Crippen LogP contribution in [0, 0.1) is 29.1 Å². The van der Waals surface area contributed by atoms with E-state index in [4.69, 9.17) is 0 Å². The monoisotopic (exact) mass is 384 g/mol. The number of nitrogens with zero attached hydrogens (tertiary/aromatic N) is 2. The molecule has 1 aromatic rings. The van der Waals surface area contributed by atoms with Crippen LogP contribution in [0.25, 0.3) is 0 Å². The second kappa shape index (κ2) is 6.52. The molecule has 0 amide bonds. The van der Waals surface area contributed by atoms with Gasteiger partial charge in [0, 0.05) is 0 Å². The average molecular weight is 385 g/mol. The Morgan fingerprint density at radius 1 is 0.955 bits per heavy atom. The first-order valence-corrected chi connectivity index (χ1v) is 6.84. The van der Waals surface area contributed by atoms with E-state index in [1.807, 2.05) is 0 Å². The number of hydrogen-bond donors (Lipinski definition) is 0. The highest BCUT2D eigenvalue weighted by Crippen LogP contribution is 2.25. The van der Waals surface area contributed by atoms with Gasteiger partial charge in [0.1, 0.15) is 19.1 Å². The lowest BCUT2D eigenvalue weighted by Crippen LogP contribution is -3.00. The van der Waals surface area contributed by atoms with Crippen LogP contribution in [0.2, 0.25) is 0 Å². The van der Waals surface area contributed by atoms with Crippen molar-refractivity contribution in [2.24, 2.45) is 0 Å². The van der Waals surface area contributed by atoms with E-state index in [1.54, 1.807) is 10.9 Å². The molecule has 2 heterocycles. The molecule has 0 spiro atoms. The summed E-state index contributed by atoms with van der Waals surface area (Å²) in [4.78, 5) is 2.07. The van der Waals surface area contributed by atoms with Crippen LogP contribution in [-0.2, 0) is 6.54 Å². The fourth-order valence-electron chi connectivity index (χ4n) is 3.00. The minimum atomic E-state index is -2.11. The van der Waals surface area contributed by atoms with Gasteiger partial charge >= 0.3 is 0 Å². The van der Waals surface area contributed by atoms with E-state index in [2.05, 4.69) is 4.90 Å². The highest BCUT2D eigenvalue weighted by molar-refractivity contribution is 5.51. The van der Waals surface area contributed by atoms with Gasteiger partial charge in [-0.05, 0) is 19.3 Å². The van der Waals surface area contributed by atoms with Crippen LogP contribution < -0.4 is 17.0 Å². The summed E-state index contributed by atoms with van der Waals surface area (Å²) in [6.45, 7) is 1.08. The summed E-state index contributed by atoms with van der Waals surface area (Å²) in [5.41, 5.74) is -0.775. The summed E-state index contributed by atoms with van der Waals surface area (Å²) in [7, 11) is 0. The number of hydrogen-bond acceptors (Lipinski definition) is 1. The summed E-state index contributed by atoms with van der Waals surface area (Å²) in [5, 5.41) is 0. The first-order valence-electron chi connectivity index (χ1n) is 6.84. The van der Waals surface area contributed by atoms with Crippen LogP contribution in [0.3, 0.4) is 0 Å². The lowest BCUT2D eigenvalue weighted by Gasteiger charge is -2.21. The molecule has 1 aromatic carbocycles. The zero-order valence-corrected chi connectivity index (χ0v) is 13.1. The number of halogens is 6. The molecule has 0 N–H and O–H groups in total. The van der Waals surface area contributed by atoms with Crippen molar-refractivity contribution < 1.29 is 43.5 Å². The molecule has 0 bridgehead atoms. The highest BCUT2D eigenvalue weighted by atomic mass is 79.9.